The van der Waals surface area contributed by atoms with Gasteiger partial charge >= 0.3 is 0 Å². The van der Waals surface area contributed by atoms with Gasteiger partial charge in [0.2, 0.25) is 0 Å². The maximum absolute atomic E-state index is 4.26. The smallest absolute Gasteiger partial charge is 0.0669 e. The van der Waals surface area contributed by atoms with Gasteiger partial charge in [-0.2, -0.15) is 0 Å². The average molecular weight is 161 g/mol. The highest BCUT2D eigenvalue weighted by molar-refractivity contribution is 6.14. The van der Waals surface area contributed by atoms with E-state index in [0.29, 0.717) is 0 Å². The summed E-state index contributed by atoms with van der Waals surface area (Å²) in [5, 5.41) is 0. The zero-order valence-electron chi connectivity index (χ0n) is 7.96. The van der Waals surface area contributed by atoms with Crippen molar-refractivity contribution >= 4 is 5.71 Å². The zero-order chi connectivity index (χ0) is 8.97. The Labute approximate surface area is 74.2 Å². The molecule has 0 bridgehead atoms. The maximum Gasteiger partial charge on any atom is 0.0669 e. The first-order chi connectivity index (χ1) is 5.79. The summed E-state index contributed by atoms with van der Waals surface area (Å²) >= 11 is 0. The lowest BCUT2D eigenvalue weighted by Crippen LogP contribution is -2.05. The molecule has 64 valence electrons. The van der Waals surface area contributed by atoms with E-state index in [1.165, 1.54) is 11.1 Å². The van der Waals surface area contributed by atoms with Gasteiger partial charge in [-0.05, 0) is 24.5 Å². The monoisotopic (exact) mass is 161 g/mol. The van der Waals surface area contributed by atoms with E-state index < -0.39 is 0 Å². The lowest BCUT2D eigenvalue weighted by molar-refractivity contribution is 1.21. The zero-order valence-corrected chi connectivity index (χ0v) is 7.96. The van der Waals surface area contributed by atoms with E-state index in [9.17, 15) is 0 Å². The lowest BCUT2D eigenvalue weighted by atomic mass is 9.98. The normalized spacial score (nSPS) is 23.4. The predicted molar refractivity (Wildman–Crippen MR) is 54.6 cm³/mol. The molecule has 1 nitrogen and oxygen atoms in total. The van der Waals surface area contributed by atoms with E-state index >= 15 is 0 Å². The highest BCUT2D eigenvalue weighted by atomic mass is 14.7. The van der Waals surface area contributed by atoms with Crippen molar-refractivity contribution in [2.24, 2.45) is 4.99 Å². The molecule has 0 N–H and O–H groups in total. The Hall–Kier alpha value is -1.11. The Morgan fingerprint density at radius 1 is 1.50 bits per heavy atom. The first-order valence-corrected chi connectivity index (χ1v) is 4.32. The molecule has 0 fully saturated rings. The van der Waals surface area contributed by atoms with Crippen LogP contribution in [0.25, 0.3) is 0 Å². The first-order valence-electron chi connectivity index (χ1n) is 4.32. The lowest BCUT2D eigenvalue weighted by Gasteiger charge is -2.10. The fourth-order valence-electron chi connectivity index (χ4n) is 1.37. The van der Waals surface area contributed by atoms with Crippen LogP contribution in [0.2, 0.25) is 0 Å². The van der Waals surface area contributed by atoms with Crippen molar-refractivity contribution in [3.05, 3.63) is 35.5 Å². The van der Waals surface area contributed by atoms with Crippen LogP contribution in [0.5, 0.6) is 0 Å². The van der Waals surface area contributed by atoms with Crippen LogP contribution in [0.4, 0.5) is 0 Å². The third-order valence-corrected chi connectivity index (χ3v) is 1.92. The highest BCUT2D eigenvalue weighted by Gasteiger charge is 2.07. The highest BCUT2D eigenvalue weighted by Crippen LogP contribution is 2.15. The van der Waals surface area contributed by atoms with Gasteiger partial charge in [-0.1, -0.05) is 31.2 Å². The second-order valence-electron chi connectivity index (χ2n) is 2.85. The largest absolute Gasteiger partial charge is 0.288 e. The summed E-state index contributed by atoms with van der Waals surface area (Å²) in [5.41, 5.74) is 3.62. The molecule has 0 unspecified atom stereocenters. The molecule has 0 aliphatic heterocycles. The molecule has 0 spiro atoms. The first kappa shape index (κ1) is 8.98. The predicted octanol–water partition coefficient (Wildman–Crippen LogP) is 2.91. The molecule has 0 heterocycles. The second-order valence-corrected chi connectivity index (χ2v) is 2.85. The molecule has 12 heavy (non-hydrogen) atoms. The van der Waals surface area contributed by atoms with Crippen LogP contribution in [0, 0.1) is 0 Å². The van der Waals surface area contributed by atoms with Crippen molar-refractivity contribution in [1.82, 2.24) is 0 Å². The van der Waals surface area contributed by atoms with E-state index in [-0.39, 0.29) is 0 Å². The Kier molecular flexibility index (Phi) is 3.03. The van der Waals surface area contributed by atoms with Crippen LogP contribution in [-0.4, -0.2) is 12.8 Å². The van der Waals surface area contributed by atoms with Crippen LogP contribution in [0.1, 0.15) is 20.3 Å². The molecule has 1 rings (SSSR count). The van der Waals surface area contributed by atoms with Gasteiger partial charge in [0.1, 0.15) is 0 Å². The number of hydrogen-bond donors (Lipinski definition) is 0. The van der Waals surface area contributed by atoms with Crippen LogP contribution in [0.15, 0.2) is 40.4 Å². The Balaban J connectivity index is 3.01. The van der Waals surface area contributed by atoms with Gasteiger partial charge in [-0.25, -0.2) is 0 Å². The molecule has 0 saturated carbocycles. The Morgan fingerprint density at radius 3 is 2.83 bits per heavy atom. The molecule has 0 aromatic heterocycles. The average Bonchev–Trinajstić information content (AvgIpc) is 2.05. The molecular weight excluding hydrogens is 146 g/mol. The maximum atomic E-state index is 4.26. The minimum Gasteiger partial charge on any atom is -0.288 e. The van der Waals surface area contributed by atoms with Gasteiger partial charge in [0.25, 0.3) is 0 Å². The summed E-state index contributed by atoms with van der Waals surface area (Å²) in [4.78, 5) is 4.26. The van der Waals surface area contributed by atoms with Gasteiger partial charge in [-0.3, -0.25) is 4.99 Å². The molecule has 0 radical (unpaired) electrons. The SMILES string of the molecule is CC/C=C1/C=CC=C(C)C1=NC. The minimum atomic E-state index is 1.06. The van der Waals surface area contributed by atoms with Gasteiger partial charge in [-0.15, -0.1) is 0 Å². The number of aliphatic imine (C=N–C) groups is 1. The van der Waals surface area contributed by atoms with Gasteiger partial charge in [0, 0.05) is 7.05 Å². The van der Waals surface area contributed by atoms with Crippen molar-refractivity contribution in [1.29, 1.82) is 0 Å². The van der Waals surface area contributed by atoms with Crippen molar-refractivity contribution in [2.75, 3.05) is 7.05 Å². The van der Waals surface area contributed by atoms with E-state index in [1.54, 1.807) is 0 Å². The fraction of sp³-hybridized carbons (Fsp3) is 0.364. The number of hydrogen-bond acceptors (Lipinski definition) is 1. The molecule has 0 amide bonds. The van der Waals surface area contributed by atoms with Crippen molar-refractivity contribution in [3.63, 3.8) is 0 Å². The number of nitrogens with zero attached hydrogens (tertiary/aromatic N) is 1. The summed E-state index contributed by atoms with van der Waals surface area (Å²) in [6.07, 6.45) is 9.54. The van der Waals surface area contributed by atoms with Crippen molar-refractivity contribution in [3.8, 4) is 0 Å². The topological polar surface area (TPSA) is 12.4 Å². The molecule has 0 saturated heterocycles. The summed E-state index contributed by atoms with van der Waals surface area (Å²) < 4.78 is 0. The third-order valence-electron chi connectivity index (χ3n) is 1.92. The van der Waals surface area contributed by atoms with Gasteiger partial charge in [0.15, 0.2) is 0 Å². The molecule has 0 atom stereocenters. The van der Waals surface area contributed by atoms with Crippen LogP contribution < -0.4 is 0 Å². The quantitative estimate of drug-likeness (QED) is 0.560. The molecule has 1 heteroatoms. The van der Waals surface area contributed by atoms with Crippen molar-refractivity contribution in [2.45, 2.75) is 20.3 Å². The van der Waals surface area contributed by atoms with Crippen molar-refractivity contribution < 1.29 is 0 Å². The van der Waals surface area contributed by atoms with E-state index in [0.717, 1.165) is 12.1 Å². The summed E-state index contributed by atoms with van der Waals surface area (Å²) in [6.45, 7) is 4.23. The molecule has 0 aromatic carbocycles. The third kappa shape index (κ3) is 1.73. The summed E-state index contributed by atoms with van der Waals surface area (Å²) in [7, 11) is 1.84. The fourth-order valence-corrected chi connectivity index (χ4v) is 1.37. The molecule has 1 aliphatic rings. The summed E-state index contributed by atoms with van der Waals surface area (Å²) in [6, 6.07) is 0. The van der Waals surface area contributed by atoms with E-state index in [1.807, 2.05) is 7.05 Å². The van der Waals surface area contributed by atoms with Crippen LogP contribution >= 0.6 is 0 Å². The Morgan fingerprint density at radius 2 is 2.25 bits per heavy atom. The van der Waals surface area contributed by atoms with Crippen LogP contribution in [0.3, 0.4) is 0 Å². The molecule has 1 aliphatic carbocycles. The molecular formula is C11H15N. The van der Waals surface area contributed by atoms with E-state index in [4.69, 9.17) is 0 Å². The standard InChI is InChI=1S/C11H15N/c1-4-6-10-8-5-7-9(2)11(10)12-3/h5-8H,4H2,1-3H3/b10-6-,12-11?. The Bertz CT molecular complexity index is 277. The van der Waals surface area contributed by atoms with Crippen LogP contribution in [-0.2, 0) is 0 Å². The van der Waals surface area contributed by atoms with E-state index in [2.05, 4.69) is 43.1 Å². The second kappa shape index (κ2) is 4.05. The number of rotatable bonds is 1. The summed E-state index contributed by atoms with van der Waals surface area (Å²) in [5.74, 6) is 0. The minimum absolute atomic E-state index is 1.06. The number of allylic oxidation sites excluding steroid dienone is 6. The molecule has 0 aromatic rings. The van der Waals surface area contributed by atoms with Gasteiger partial charge < -0.3 is 0 Å². The van der Waals surface area contributed by atoms with Gasteiger partial charge in [0.05, 0.1) is 5.71 Å².